The highest BCUT2D eigenvalue weighted by Crippen LogP contribution is 2.15. The highest BCUT2D eigenvalue weighted by Gasteiger charge is 2.30. The Kier molecular flexibility index (Phi) is 8.70. The average molecular weight is 341 g/mol. The lowest BCUT2D eigenvalue weighted by Crippen LogP contribution is -2.51. The minimum absolute atomic E-state index is 0.0891. The normalized spacial score (nSPS) is 23.2. The van der Waals surface area contributed by atoms with Gasteiger partial charge in [-0.05, 0) is 37.5 Å². The third kappa shape index (κ3) is 7.18. The van der Waals surface area contributed by atoms with Gasteiger partial charge in [-0.15, -0.1) is 0 Å². The van der Waals surface area contributed by atoms with Crippen LogP contribution in [0.5, 0.6) is 0 Å². The fraction of sp³-hybridized carbons (Fsp3) is 0.889. The van der Waals surface area contributed by atoms with Crippen LogP contribution in [-0.2, 0) is 9.59 Å². The topological polar surface area (TPSA) is 95.7 Å². The Morgan fingerprint density at radius 1 is 1.25 bits per heavy atom. The zero-order valence-corrected chi connectivity index (χ0v) is 15.6. The number of amides is 2. The van der Waals surface area contributed by atoms with Gasteiger partial charge in [-0.1, -0.05) is 27.7 Å². The van der Waals surface area contributed by atoms with Crippen molar-refractivity contribution >= 4 is 11.8 Å². The van der Waals surface area contributed by atoms with E-state index in [1.165, 1.54) is 0 Å². The van der Waals surface area contributed by atoms with E-state index in [2.05, 4.69) is 19.2 Å². The van der Waals surface area contributed by atoms with Gasteiger partial charge in [-0.2, -0.15) is 0 Å². The summed E-state index contributed by atoms with van der Waals surface area (Å²) in [6.45, 7) is 9.15. The van der Waals surface area contributed by atoms with Crippen LogP contribution in [0.4, 0.5) is 0 Å². The Morgan fingerprint density at radius 3 is 2.50 bits per heavy atom. The van der Waals surface area contributed by atoms with E-state index in [0.29, 0.717) is 37.6 Å². The Hall–Kier alpha value is -1.14. The zero-order chi connectivity index (χ0) is 18.3. The average Bonchev–Trinajstić information content (AvgIpc) is 2.66. The first-order valence-electron chi connectivity index (χ1n) is 9.22. The molecule has 24 heavy (non-hydrogen) atoms. The molecule has 1 aliphatic heterocycles. The lowest BCUT2D eigenvalue weighted by Gasteiger charge is -2.26. The number of β-amino-alcohol motifs (C(OH)–C–C–N with tert-alkyl or cyclic N) is 1. The molecular formula is C18H35N3O3. The number of hydrogen-bond acceptors (Lipinski definition) is 4. The predicted molar refractivity (Wildman–Crippen MR) is 95.3 cm³/mol. The maximum absolute atomic E-state index is 12.3. The van der Waals surface area contributed by atoms with Crippen molar-refractivity contribution in [2.24, 2.45) is 17.6 Å². The molecule has 4 N–H and O–H groups in total. The predicted octanol–water partition coefficient (Wildman–Crippen LogP) is 1.26. The molecule has 1 fully saturated rings. The molecule has 0 aromatic rings. The minimum atomic E-state index is -0.745. The van der Waals surface area contributed by atoms with Crippen molar-refractivity contribution in [2.75, 3.05) is 13.1 Å². The number of hydrogen-bond donors (Lipinski definition) is 3. The fourth-order valence-corrected chi connectivity index (χ4v) is 3.01. The van der Waals surface area contributed by atoms with E-state index in [1.54, 1.807) is 4.90 Å². The Bertz CT molecular complexity index is 412. The van der Waals surface area contributed by atoms with Crippen LogP contribution in [0.3, 0.4) is 0 Å². The van der Waals surface area contributed by atoms with Crippen LogP contribution in [0.2, 0.25) is 0 Å². The van der Waals surface area contributed by atoms with Crippen molar-refractivity contribution in [1.82, 2.24) is 10.2 Å². The molecular weight excluding hydrogens is 306 g/mol. The number of carbonyl (C=O) groups excluding carboxylic acids is 2. The maximum Gasteiger partial charge on any atom is 0.237 e. The molecule has 3 atom stereocenters. The molecule has 1 saturated heterocycles. The molecule has 6 heteroatoms. The van der Waals surface area contributed by atoms with Crippen LogP contribution >= 0.6 is 0 Å². The quantitative estimate of drug-likeness (QED) is 0.650. The summed E-state index contributed by atoms with van der Waals surface area (Å²) in [5.41, 5.74) is 5.90. The van der Waals surface area contributed by atoms with Crippen LogP contribution in [0.25, 0.3) is 0 Å². The third-order valence-electron chi connectivity index (χ3n) is 4.49. The monoisotopic (exact) mass is 341 g/mol. The van der Waals surface area contributed by atoms with Gasteiger partial charge in [0.1, 0.15) is 0 Å². The summed E-state index contributed by atoms with van der Waals surface area (Å²) in [6, 6.07) is -0.886. The van der Waals surface area contributed by atoms with Crippen LogP contribution in [-0.4, -0.2) is 53.1 Å². The largest absolute Gasteiger partial charge is 0.389 e. The molecule has 2 amide bonds. The van der Waals surface area contributed by atoms with Crippen LogP contribution in [0.1, 0.15) is 59.8 Å². The van der Waals surface area contributed by atoms with E-state index >= 15 is 0 Å². The molecule has 0 spiro atoms. The molecule has 0 aromatic carbocycles. The van der Waals surface area contributed by atoms with Crippen LogP contribution in [0.15, 0.2) is 0 Å². The first-order valence-corrected chi connectivity index (χ1v) is 9.22. The Morgan fingerprint density at radius 2 is 1.92 bits per heavy atom. The van der Waals surface area contributed by atoms with Crippen LogP contribution in [0, 0.1) is 11.8 Å². The standard InChI is InChI=1S/C18H35N3O3/c1-12(2)7-8-17(23)21-9-5-6-15(16(22)11-21)20-18(24)14(19)10-13(3)4/h12-16,22H,5-11,19H2,1-4H3,(H,20,24)/t14-,15?,16?/m0/s1. The molecule has 1 rings (SSSR count). The van der Waals surface area contributed by atoms with Crippen molar-refractivity contribution in [3.8, 4) is 0 Å². The maximum atomic E-state index is 12.3. The van der Waals surface area contributed by atoms with Crippen LogP contribution < -0.4 is 11.1 Å². The molecule has 0 radical (unpaired) electrons. The SMILES string of the molecule is CC(C)CCC(=O)N1CCCC(NC(=O)[C@@H](N)CC(C)C)C(O)C1. The first-order chi connectivity index (χ1) is 11.2. The van der Waals surface area contributed by atoms with Gasteiger partial charge in [0.05, 0.1) is 18.2 Å². The van der Waals surface area contributed by atoms with Gasteiger partial charge in [-0.3, -0.25) is 9.59 Å². The van der Waals surface area contributed by atoms with Gasteiger partial charge in [-0.25, -0.2) is 0 Å². The molecule has 0 aromatic heterocycles. The Labute approximate surface area is 146 Å². The summed E-state index contributed by atoms with van der Waals surface area (Å²) < 4.78 is 0. The van der Waals surface area contributed by atoms with Crippen molar-refractivity contribution in [3.05, 3.63) is 0 Å². The van der Waals surface area contributed by atoms with Gasteiger partial charge in [0.15, 0.2) is 0 Å². The second-order valence-corrected chi connectivity index (χ2v) is 7.83. The highest BCUT2D eigenvalue weighted by molar-refractivity contribution is 5.81. The molecule has 0 aliphatic carbocycles. The number of nitrogens with two attached hydrogens (primary N) is 1. The summed E-state index contributed by atoms with van der Waals surface area (Å²) in [5, 5.41) is 13.3. The number of nitrogens with zero attached hydrogens (tertiary/aromatic N) is 1. The van der Waals surface area contributed by atoms with E-state index in [0.717, 1.165) is 12.8 Å². The molecule has 1 heterocycles. The van der Waals surface area contributed by atoms with E-state index in [4.69, 9.17) is 5.73 Å². The van der Waals surface area contributed by atoms with Crippen molar-refractivity contribution in [1.29, 1.82) is 0 Å². The van der Waals surface area contributed by atoms with Gasteiger partial charge >= 0.3 is 0 Å². The molecule has 1 aliphatic rings. The lowest BCUT2D eigenvalue weighted by molar-refractivity contribution is -0.132. The number of rotatable bonds is 7. The van der Waals surface area contributed by atoms with E-state index in [-0.39, 0.29) is 24.4 Å². The highest BCUT2D eigenvalue weighted by atomic mass is 16.3. The fourth-order valence-electron chi connectivity index (χ4n) is 3.01. The smallest absolute Gasteiger partial charge is 0.237 e. The summed E-state index contributed by atoms with van der Waals surface area (Å²) >= 11 is 0. The molecule has 0 bridgehead atoms. The van der Waals surface area contributed by atoms with Crippen molar-refractivity contribution in [3.63, 3.8) is 0 Å². The summed E-state index contributed by atoms with van der Waals surface area (Å²) in [6.07, 6.45) is 2.68. The number of aliphatic hydroxyl groups excluding tert-OH is 1. The molecule has 140 valence electrons. The first kappa shape index (κ1) is 20.9. The van der Waals surface area contributed by atoms with Gasteiger partial charge in [0.25, 0.3) is 0 Å². The summed E-state index contributed by atoms with van der Waals surface area (Å²) in [5.74, 6) is 0.706. The van der Waals surface area contributed by atoms with Crippen molar-refractivity contribution < 1.29 is 14.7 Å². The molecule has 6 nitrogen and oxygen atoms in total. The number of likely N-dealkylation sites (tertiary alicyclic amines) is 1. The summed E-state index contributed by atoms with van der Waals surface area (Å²) in [4.78, 5) is 26.2. The number of aliphatic hydroxyl groups is 1. The summed E-state index contributed by atoms with van der Waals surface area (Å²) in [7, 11) is 0. The van der Waals surface area contributed by atoms with E-state index < -0.39 is 12.1 Å². The Balaban J connectivity index is 2.53. The van der Waals surface area contributed by atoms with E-state index in [9.17, 15) is 14.7 Å². The van der Waals surface area contributed by atoms with Gasteiger partial charge < -0.3 is 21.1 Å². The molecule has 0 saturated carbocycles. The number of nitrogens with one attached hydrogen (secondary N) is 1. The number of carbonyl (C=O) groups is 2. The second kappa shape index (κ2) is 9.99. The third-order valence-corrected chi connectivity index (χ3v) is 4.49. The van der Waals surface area contributed by atoms with E-state index in [1.807, 2.05) is 13.8 Å². The van der Waals surface area contributed by atoms with Gasteiger partial charge in [0, 0.05) is 19.5 Å². The van der Waals surface area contributed by atoms with Gasteiger partial charge in [0.2, 0.25) is 11.8 Å². The van der Waals surface area contributed by atoms with Crippen molar-refractivity contribution in [2.45, 2.75) is 78.0 Å². The minimum Gasteiger partial charge on any atom is -0.389 e. The lowest BCUT2D eigenvalue weighted by atomic mass is 10.0. The zero-order valence-electron chi connectivity index (χ0n) is 15.6. The second-order valence-electron chi connectivity index (χ2n) is 7.83. The molecule has 2 unspecified atom stereocenters.